The first kappa shape index (κ1) is 22.1. The van der Waals surface area contributed by atoms with Gasteiger partial charge in [-0.05, 0) is 37.3 Å². The van der Waals surface area contributed by atoms with Gasteiger partial charge in [-0.2, -0.15) is 0 Å². The van der Waals surface area contributed by atoms with Crippen molar-refractivity contribution in [3.63, 3.8) is 0 Å². The molecule has 1 amide bonds. The summed E-state index contributed by atoms with van der Waals surface area (Å²) in [6.45, 7) is 3.53. The molecule has 2 aromatic carbocycles. The number of anilines is 2. The quantitative estimate of drug-likeness (QED) is 0.404. The van der Waals surface area contributed by atoms with Crippen LogP contribution in [0.5, 0.6) is 0 Å². The van der Waals surface area contributed by atoms with Gasteiger partial charge in [0, 0.05) is 30.8 Å². The lowest BCUT2D eigenvalue weighted by Crippen LogP contribution is -2.37. The van der Waals surface area contributed by atoms with Crippen LogP contribution in [0.2, 0.25) is 0 Å². The number of rotatable bonds is 5. The van der Waals surface area contributed by atoms with Gasteiger partial charge in [-0.3, -0.25) is 30.3 Å². The Morgan fingerprint density at radius 2 is 1.77 bits per heavy atom. The van der Waals surface area contributed by atoms with Gasteiger partial charge in [0.2, 0.25) is 0 Å². The second-order valence-corrected chi connectivity index (χ2v) is 7.08. The fourth-order valence-electron chi connectivity index (χ4n) is 3.17. The zero-order chi connectivity index (χ0) is 22.5. The molecular weight excluding hydrogens is 426 g/mol. The van der Waals surface area contributed by atoms with Crippen LogP contribution in [0.25, 0.3) is 0 Å². The van der Waals surface area contributed by atoms with Crippen molar-refractivity contribution >= 4 is 46.0 Å². The smallest absolute Gasteiger partial charge is 0.293 e. The SMILES string of the molecule is Cc1c(NC(=S)NC(=O)c2ccc(N3CCOCC3)c([N+](=O)[O-])c2)cccc1[N+](=O)[O-]. The van der Waals surface area contributed by atoms with Gasteiger partial charge in [-0.1, -0.05) is 6.07 Å². The molecule has 0 radical (unpaired) electrons. The highest BCUT2D eigenvalue weighted by atomic mass is 32.1. The molecule has 0 saturated carbocycles. The molecule has 0 aliphatic carbocycles. The highest BCUT2D eigenvalue weighted by Crippen LogP contribution is 2.30. The van der Waals surface area contributed by atoms with Gasteiger partial charge < -0.3 is 15.0 Å². The van der Waals surface area contributed by atoms with Crippen molar-refractivity contribution in [1.82, 2.24) is 5.32 Å². The lowest BCUT2D eigenvalue weighted by Gasteiger charge is -2.28. The Morgan fingerprint density at radius 3 is 2.42 bits per heavy atom. The van der Waals surface area contributed by atoms with E-state index in [0.29, 0.717) is 43.2 Å². The number of carbonyl (C=O) groups excluding carboxylic acids is 1. The highest BCUT2D eigenvalue weighted by Gasteiger charge is 2.24. The third-order valence-corrected chi connectivity index (χ3v) is 4.97. The number of thiocarbonyl (C=S) groups is 1. The average Bonchev–Trinajstić information content (AvgIpc) is 2.75. The van der Waals surface area contributed by atoms with E-state index in [1.54, 1.807) is 13.0 Å². The Bertz CT molecular complexity index is 1050. The third kappa shape index (κ3) is 5.10. The molecule has 0 atom stereocenters. The van der Waals surface area contributed by atoms with Crippen LogP contribution in [0, 0.1) is 27.2 Å². The van der Waals surface area contributed by atoms with Crippen LogP contribution in [-0.2, 0) is 4.74 Å². The number of hydrogen-bond acceptors (Lipinski definition) is 8. The van der Waals surface area contributed by atoms with Crippen LogP contribution in [0.3, 0.4) is 0 Å². The van der Waals surface area contributed by atoms with E-state index in [9.17, 15) is 25.0 Å². The zero-order valence-electron chi connectivity index (χ0n) is 16.5. The molecule has 1 aliphatic rings. The van der Waals surface area contributed by atoms with Crippen LogP contribution in [0.4, 0.5) is 22.7 Å². The molecule has 0 bridgehead atoms. The summed E-state index contributed by atoms with van der Waals surface area (Å²) in [7, 11) is 0. The standard InChI is InChI=1S/C19H19N5O6S/c1-12-14(3-2-4-15(12)23(26)27)20-19(31)21-18(25)13-5-6-16(17(11-13)24(28)29)22-7-9-30-10-8-22/h2-6,11H,7-10H2,1H3,(H2,20,21,25,31). The lowest BCUT2D eigenvalue weighted by atomic mass is 10.1. The van der Waals surface area contributed by atoms with Crippen molar-refractivity contribution in [2.75, 3.05) is 36.5 Å². The lowest BCUT2D eigenvalue weighted by molar-refractivity contribution is -0.385. The minimum absolute atomic E-state index is 0.0589. The summed E-state index contributed by atoms with van der Waals surface area (Å²) in [6, 6.07) is 8.64. The minimum atomic E-state index is -0.641. The molecule has 0 spiro atoms. The number of morpholine rings is 1. The summed E-state index contributed by atoms with van der Waals surface area (Å²) in [5.74, 6) is -0.641. The second kappa shape index (κ2) is 9.45. The molecule has 2 N–H and O–H groups in total. The Balaban J connectivity index is 1.75. The predicted octanol–water partition coefficient (Wildman–Crippen LogP) is 2.77. The first-order valence-corrected chi connectivity index (χ1v) is 9.66. The topological polar surface area (TPSA) is 140 Å². The number of nitrogens with zero attached hydrogens (tertiary/aromatic N) is 3. The molecular formula is C19H19N5O6S. The van der Waals surface area contributed by atoms with E-state index in [0.717, 1.165) is 0 Å². The van der Waals surface area contributed by atoms with Gasteiger partial charge >= 0.3 is 0 Å². The molecule has 3 rings (SSSR count). The second-order valence-electron chi connectivity index (χ2n) is 6.68. The maximum atomic E-state index is 12.6. The van der Waals surface area contributed by atoms with E-state index in [-0.39, 0.29) is 22.1 Å². The Kier molecular flexibility index (Phi) is 6.72. The molecule has 2 aromatic rings. The van der Waals surface area contributed by atoms with Gasteiger partial charge in [0.1, 0.15) is 5.69 Å². The van der Waals surface area contributed by atoms with Gasteiger partial charge in [0.25, 0.3) is 17.3 Å². The monoisotopic (exact) mass is 445 g/mol. The Morgan fingerprint density at radius 1 is 1.10 bits per heavy atom. The summed E-state index contributed by atoms with van der Waals surface area (Å²) in [5, 5.41) is 27.7. The van der Waals surface area contributed by atoms with E-state index in [1.807, 2.05) is 4.90 Å². The van der Waals surface area contributed by atoms with Gasteiger partial charge in [-0.15, -0.1) is 0 Å². The molecule has 1 aliphatic heterocycles. The van der Waals surface area contributed by atoms with E-state index in [4.69, 9.17) is 17.0 Å². The minimum Gasteiger partial charge on any atom is -0.378 e. The normalized spacial score (nSPS) is 13.4. The number of nitro groups is 2. The summed E-state index contributed by atoms with van der Waals surface area (Å²) in [6.07, 6.45) is 0. The number of hydrogen-bond donors (Lipinski definition) is 2. The van der Waals surface area contributed by atoms with Crippen molar-refractivity contribution in [2.45, 2.75) is 6.92 Å². The van der Waals surface area contributed by atoms with Gasteiger partial charge in [-0.25, -0.2) is 0 Å². The van der Waals surface area contributed by atoms with E-state index in [1.165, 1.54) is 30.3 Å². The number of benzene rings is 2. The summed E-state index contributed by atoms with van der Waals surface area (Å²) >= 11 is 5.12. The predicted molar refractivity (Wildman–Crippen MR) is 118 cm³/mol. The van der Waals surface area contributed by atoms with Gasteiger partial charge in [0.15, 0.2) is 5.11 Å². The number of carbonyl (C=O) groups is 1. The molecule has 1 heterocycles. The Hall–Kier alpha value is -3.64. The van der Waals surface area contributed by atoms with E-state index < -0.39 is 15.8 Å². The third-order valence-electron chi connectivity index (χ3n) is 4.76. The molecule has 162 valence electrons. The summed E-state index contributed by atoms with van der Waals surface area (Å²) in [5.41, 5.74) is 0.917. The molecule has 1 saturated heterocycles. The fraction of sp³-hybridized carbons (Fsp3) is 0.263. The van der Waals surface area contributed by atoms with Gasteiger partial charge in [0.05, 0.1) is 34.3 Å². The largest absolute Gasteiger partial charge is 0.378 e. The summed E-state index contributed by atoms with van der Waals surface area (Å²) in [4.78, 5) is 36.0. The van der Waals surface area contributed by atoms with E-state index in [2.05, 4.69) is 10.6 Å². The molecule has 11 nitrogen and oxygen atoms in total. The maximum Gasteiger partial charge on any atom is 0.293 e. The first-order valence-electron chi connectivity index (χ1n) is 9.25. The molecule has 0 unspecified atom stereocenters. The van der Waals surface area contributed by atoms with Crippen molar-refractivity contribution in [3.8, 4) is 0 Å². The molecule has 0 aromatic heterocycles. The average molecular weight is 445 g/mol. The maximum absolute atomic E-state index is 12.6. The van der Waals surface area contributed by atoms with Crippen LogP contribution >= 0.6 is 12.2 Å². The molecule has 12 heteroatoms. The van der Waals surface area contributed by atoms with E-state index >= 15 is 0 Å². The molecule has 31 heavy (non-hydrogen) atoms. The van der Waals surface area contributed by atoms with Crippen molar-refractivity contribution in [3.05, 3.63) is 67.8 Å². The van der Waals surface area contributed by atoms with Crippen LogP contribution in [-0.4, -0.2) is 47.2 Å². The highest BCUT2D eigenvalue weighted by molar-refractivity contribution is 7.80. The Labute approximate surface area is 182 Å². The first-order chi connectivity index (χ1) is 14.8. The number of amides is 1. The van der Waals surface area contributed by atoms with Crippen molar-refractivity contribution in [1.29, 1.82) is 0 Å². The van der Waals surface area contributed by atoms with Crippen molar-refractivity contribution in [2.24, 2.45) is 0 Å². The van der Waals surface area contributed by atoms with Crippen LogP contribution in [0.15, 0.2) is 36.4 Å². The number of ether oxygens (including phenoxy) is 1. The van der Waals surface area contributed by atoms with Crippen LogP contribution in [0.1, 0.15) is 15.9 Å². The summed E-state index contributed by atoms with van der Waals surface area (Å²) < 4.78 is 5.27. The number of nitro benzene ring substituents is 2. The fourth-order valence-corrected chi connectivity index (χ4v) is 3.37. The zero-order valence-corrected chi connectivity index (χ0v) is 17.3. The number of nitrogens with one attached hydrogen (secondary N) is 2. The van der Waals surface area contributed by atoms with Crippen molar-refractivity contribution < 1.29 is 19.4 Å². The van der Waals surface area contributed by atoms with Crippen LogP contribution < -0.4 is 15.5 Å². The molecule has 1 fully saturated rings.